The Morgan fingerprint density at radius 3 is 2.56 bits per heavy atom. The van der Waals surface area contributed by atoms with Gasteiger partial charge in [-0.15, -0.1) is 0 Å². The molecule has 0 heterocycles. The lowest BCUT2D eigenvalue weighted by molar-refractivity contribution is -0.137. The van der Waals surface area contributed by atoms with Gasteiger partial charge in [-0.3, -0.25) is 9.59 Å². The van der Waals surface area contributed by atoms with Crippen molar-refractivity contribution in [2.45, 2.75) is 32.6 Å². The molecule has 5 heteroatoms. The molecule has 0 aliphatic rings. The minimum absolute atomic E-state index is 0.0831. The average molecular weight is 247 g/mol. The second-order valence-electron chi connectivity index (χ2n) is 3.92. The van der Waals surface area contributed by atoms with Crippen LogP contribution in [0.1, 0.15) is 32.6 Å². The summed E-state index contributed by atoms with van der Waals surface area (Å²) in [6, 6.07) is 0. The van der Waals surface area contributed by atoms with Crippen LogP contribution < -0.4 is 5.32 Å². The van der Waals surface area contributed by atoms with Crippen LogP contribution in [0.25, 0.3) is 0 Å². The number of rotatable bonds is 9. The number of amides is 1. The van der Waals surface area contributed by atoms with E-state index in [1.165, 1.54) is 0 Å². The summed E-state index contributed by atoms with van der Waals surface area (Å²) >= 11 is 1.65. The van der Waals surface area contributed by atoms with E-state index >= 15 is 0 Å². The lowest BCUT2D eigenvalue weighted by Crippen LogP contribution is -2.25. The highest BCUT2D eigenvalue weighted by Crippen LogP contribution is 2.09. The maximum Gasteiger partial charge on any atom is 0.303 e. The molecule has 94 valence electrons. The summed E-state index contributed by atoms with van der Waals surface area (Å²) in [6.07, 6.45) is 4.27. The molecule has 16 heavy (non-hydrogen) atoms. The summed E-state index contributed by atoms with van der Waals surface area (Å²) in [5, 5.41) is 11.3. The number of aliphatic carboxylic acids is 1. The predicted molar refractivity (Wildman–Crippen MR) is 66.7 cm³/mol. The van der Waals surface area contributed by atoms with Crippen LogP contribution in [0.3, 0.4) is 0 Å². The first kappa shape index (κ1) is 15.3. The molecular formula is C11H21NO3S. The highest BCUT2D eigenvalue weighted by Gasteiger charge is 2.06. The highest BCUT2D eigenvalue weighted by atomic mass is 32.2. The minimum Gasteiger partial charge on any atom is -0.481 e. The lowest BCUT2D eigenvalue weighted by Gasteiger charge is -2.10. The van der Waals surface area contributed by atoms with Crippen LogP contribution in [0, 0.1) is 5.92 Å². The second kappa shape index (κ2) is 9.51. The number of carbonyl (C=O) groups is 2. The van der Waals surface area contributed by atoms with Crippen LogP contribution in [0.4, 0.5) is 0 Å². The third-order valence-electron chi connectivity index (χ3n) is 2.34. The molecule has 0 aliphatic carbocycles. The van der Waals surface area contributed by atoms with Gasteiger partial charge in [0.05, 0.1) is 0 Å². The van der Waals surface area contributed by atoms with Gasteiger partial charge in [-0.1, -0.05) is 6.92 Å². The van der Waals surface area contributed by atoms with Crippen molar-refractivity contribution in [1.29, 1.82) is 0 Å². The minimum atomic E-state index is -0.754. The van der Waals surface area contributed by atoms with Gasteiger partial charge in [-0.25, -0.2) is 0 Å². The Hall–Kier alpha value is -0.710. The maximum absolute atomic E-state index is 11.2. The number of carboxylic acid groups (broad SMARTS) is 1. The number of carbonyl (C=O) groups excluding carboxylic acids is 1. The number of nitrogens with one attached hydrogen (secondary N) is 1. The van der Waals surface area contributed by atoms with Crippen molar-refractivity contribution >= 4 is 23.6 Å². The predicted octanol–water partition coefficient (Wildman–Crippen LogP) is 1.75. The Kier molecular flexibility index (Phi) is 9.09. The second-order valence-corrected chi connectivity index (χ2v) is 4.90. The van der Waals surface area contributed by atoms with E-state index in [2.05, 4.69) is 5.32 Å². The molecule has 0 spiro atoms. The van der Waals surface area contributed by atoms with Crippen molar-refractivity contribution in [2.24, 2.45) is 5.92 Å². The van der Waals surface area contributed by atoms with Gasteiger partial charge in [0.2, 0.25) is 5.91 Å². The Balaban J connectivity index is 3.42. The molecule has 0 aliphatic heterocycles. The molecule has 0 aromatic rings. The molecule has 0 fully saturated rings. The van der Waals surface area contributed by atoms with Crippen LogP contribution in [-0.4, -0.2) is 35.5 Å². The molecule has 0 radical (unpaired) electrons. The average Bonchev–Trinajstić information content (AvgIpc) is 2.23. The first-order chi connectivity index (χ1) is 7.56. The Morgan fingerprint density at radius 1 is 1.31 bits per heavy atom. The molecule has 2 N–H and O–H groups in total. The van der Waals surface area contributed by atoms with Gasteiger partial charge >= 0.3 is 5.97 Å². The normalized spacial score (nSPS) is 12.1. The SMILES string of the molecule is CSCCC(=O)NCCC(C)CCC(=O)O. The number of hydrogen-bond acceptors (Lipinski definition) is 3. The number of thioether (sulfide) groups is 1. The van der Waals surface area contributed by atoms with Crippen molar-refractivity contribution in [3.8, 4) is 0 Å². The molecule has 4 nitrogen and oxygen atoms in total. The fourth-order valence-corrected chi connectivity index (χ4v) is 1.64. The van der Waals surface area contributed by atoms with E-state index in [-0.39, 0.29) is 12.3 Å². The van der Waals surface area contributed by atoms with Crippen LogP contribution in [-0.2, 0) is 9.59 Å². The molecule has 0 aromatic carbocycles. The lowest BCUT2D eigenvalue weighted by atomic mass is 10.0. The molecule has 1 atom stereocenters. The zero-order valence-electron chi connectivity index (χ0n) is 9.99. The fraction of sp³-hybridized carbons (Fsp3) is 0.818. The standard InChI is InChI=1S/C11H21NO3S/c1-9(3-4-11(14)15)5-7-12-10(13)6-8-16-2/h9H,3-8H2,1-2H3,(H,12,13)(H,14,15). The van der Waals surface area contributed by atoms with Crippen molar-refractivity contribution in [1.82, 2.24) is 5.32 Å². The molecule has 0 rings (SSSR count). The van der Waals surface area contributed by atoms with E-state index in [4.69, 9.17) is 5.11 Å². The van der Waals surface area contributed by atoms with E-state index in [0.29, 0.717) is 25.3 Å². The Bertz CT molecular complexity index is 221. The summed E-state index contributed by atoms with van der Waals surface area (Å²) in [5.74, 6) is 0.521. The zero-order valence-corrected chi connectivity index (χ0v) is 10.8. The topological polar surface area (TPSA) is 66.4 Å². The van der Waals surface area contributed by atoms with Crippen LogP contribution in [0.5, 0.6) is 0 Å². The zero-order chi connectivity index (χ0) is 12.4. The smallest absolute Gasteiger partial charge is 0.303 e. The van der Waals surface area contributed by atoms with Crippen molar-refractivity contribution in [3.63, 3.8) is 0 Å². The van der Waals surface area contributed by atoms with Crippen molar-refractivity contribution < 1.29 is 14.7 Å². The molecule has 1 unspecified atom stereocenters. The summed E-state index contributed by atoms with van der Waals surface area (Å²) in [5.41, 5.74) is 0. The first-order valence-electron chi connectivity index (χ1n) is 5.53. The monoisotopic (exact) mass is 247 g/mol. The summed E-state index contributed by atoms with van der Waals surface area (Å²) in [4.78, 5) is 21.6. The Morgan fingerprint density at radius 2 is 2.00 bits per heavy atom. The van der Waals surface area contributed by atoms with Crippen molar-refractivity contribution in [2.75, 3.05) is 18.6 Å². The number of hydrogen-bond donors (Lipinski definition) is 2. The van der Waals surface area contributed by atoms with E-state index in [1.807, 2.05) is 13.2 Å². The van der Waals surface area contributed by atoms with E-state index in [1.54, 1.807) is 11.8 Å². The van der Waals surface area contributed by atoms with E-state index in [9.17, 15) is 9.59 Å². The summed E-state index contributed by atoms with van der Waals surface area (Å²) in [7, 11) is 0. The molecule has 0 aromatic heterocycles. The quantitative estimate of drug-likeness (QED) is 0.651. The Labute approximate surface area is 101 Å². The van der Waals surface area contributed by atoms with Gasteiger partial charge in [0.1, 0.15) is 0 Å². The third kappa shape index (κ3) is 9.83. The fourth-order valence-electron chi connectivity index (χ4n) is 1.26. The van der Waals surface area contributed by atoms with Gasteiger partial charge in [0, 0.05) is 25.1 Å². The van der Waals surface area contributed by atoms with Crippen LogP contribution in [0.2, 0.25) is 0 Å². The molecule has 1 amide bonds. The van der Waals surface area contributed by atoms with Gasteiger partial charge < -0.3 is 10.4 Å². The summed E-state index contributed by atoms with van der Waals surface area (Å²) < 4.78 is 0. The highest BCUT2D eigenvalue weighted by molar-refractivity contribution is 7.98. The van der Waals surface area contributed by atoms with Crippen molar-refractivity contribution in [3.05, 3.63) is 0 Å². The maximum atomic E-state index is 11.2. The van der Waals surface area contributed by atoms with Gasteiger partial charge in [0.25, 0.3) is 0 Å². The van der Waals surface area contributed by atoms with Crippen LogP contribution in [0.15, 0.2) is 0 Å². The number of carboxylic acids is 1. The van der Waals surface area contributed by atoms with Gasteiger partial charge in [-0.05, 0) is 25.0 Å². The van der Waals surface area contributed by atoms with Gasteiger partial charge in [-0.2, -0.15) is 11.8 Å². The molecule has 0 saturated heterocycles. The van der Waals surface area contributed by atoms with Crippen LogP contribution >= 0.6 is 11.8 Å². The first-order valence-corrected chi connectivity index (χ1v) is 6.93. The third-order valence-corrected chi connectivity index (χ3v) is 2.96. The van der Waals surface area contributed by atoms with E-state index < -0.39 is 5.97 Å². The molecular weight excluding hydrogens is 226 g/mol. The largest absolute Gasteiger partial charge is 0.481 e. The molecule has 0 saturated carbocycles. The summed E-state index contributed by atoms with van der Waals surface area (Å²) in [6.45, 7) is 2.66. The van der Waals surface area contributed by atoms with E-state index in [0.717, 1.165) is 12.2 Å². The van der Waals surface area contributed by atoms with Gasteiger partial charge in [0.15, 0.2) is 0 Å². The molecule has 0 bridgehead atoms.